The van der Waals surface area contributed by atoms with Gasteiger partial charge in [-0.25, -0.2) is 0 Å². The Kier molecular flexibility index (Phi) is 5.69. The lowest BCUT2D eigenvalue weighted by atomic mass is 10.0. The molecule has 31 heavy (non-hydrogen) atoms. The monoisotopic (exact) mass is 415 g/mol. The van der Waals surface area contributed by atoms with Crippen molar-refractivity contribution in [2.24, 2.45) is 0 Å². The van der Waals surface area contributed by atoms with Gasteiger partial charge in [-0.2, -0.15) is 0 Å². The van der Waals surface area contributed by atoms with Crippen molar-refractivity contribution in [1.82, 2.24) is 30.0 Å². The first-order valence-corrected chi connectivity index (χ1v) is 11.0. The maximum atomic E-state index is 5.84. The van der Waals surface area contributed by atoms with E-state index in [9.17, 15) is 0 Å². The SMILES string of the molecule is Nc1ccc(CN2CCNCC2CCCc2c[nH]c3ccc(-n4cnnc4)cc23)cc1. The first kappa shape index (κ1) is 19.8. The van der Waals surface area contributed by atoms with Crippen LogP contribution in [0.25, 0.3) is 16.6 Å². The number of nitrogens with zero attached hydrogens (tertiary/aromatic N) is 4. The highest BCUT2D eigenvalue weighted by Gasteiger charge is 2.22. The van der Waals surface area contributed by atoms with E-state index in [1.54, 1.807) is 12.7 Å². The molecule has 7 nitrogen and oxygen atoms in total. The molecule has 0 bridgehead atoms. The molecule has 0 amide bonds. The van der Waals surface area contributed by atoms with E-state index in [4.69, 9.17) is 5.73 Å². The first-order valence-electron chi connectivity index (χ1n) is 11.0. The van der Waals surface area contributed by atoms with Gasteiger partial charge in [0, 0.05) is 60.7 Å². The number of nitrogens with one attached hydrogen (secondary N) is 2. The maximum absolute atomic E-state index is 5.84. The molecule has 0 spiro atoms. The maximum Gasteiger partial charge on any atom is 0.123 e. The molecule has 1 saturated heterocycles. The average Bonchev–Trinajstić information content (AvgIpc) is 3.47. The predicted octanol–water partition coefficient (Wildman–Crippen LogP) is 3.13. The third-order valence-corrected chi connectivity index (χ3v) is 6.29. The first-order chi connectivity index (χ1) is 15.3. The Morgan fingerprint density at radius 2 is 1.90 bits per heavy atom. The molecule has 2 aromatic heterocycles. The number of aryl methyl sites for hydroxylation is 1. The van der Waals surface area contributed by atoms with Crippen LogP contribution in [0.4, 0.5) is 5.69 Å². The summed E-state index contributed by atoms with van der Waals surface area (Å²) in [5, 5.41) is 12.7. The standard InChI is InChI=1S/C24H29N7/c25-20-6-4-18(5-7-20)15-30-11-10-26-14-22(30)3-1-2-19-13-27-24-9-8-21(12-23(19)24)31-16-28-29-17-31/h4-9,12-13,16-17,22,26-27H,1-3,10-11,14-15,25H2. The van der Waals surface area contributed by atoms with Crippen molar-refractivity contribution in [2.75, 3.05) is 25.4 Å². The van der Waals surface area contributed by atoms with Gasteiger partial charge in [0.15, 0.2) is 0 Å². The van der Waals surface area contributed by atoms with Crippen molar-refractivity contribution in [3.63, 3.8) is 0 Å². The smallest absolute Gasteiger partial charge is 0.123 e. The molecule has 2 aromatic carbocycles. The Balaban J connectivity index is 1.23. The summed E-state index contributed by atoms with van der Waals surface area (Å²) in [5.41, 5.74) is 11.6. The lowest BCUT2D eigenvalue weighted by Crippen LogP contribution is -2.50. The molecule has 160 valence electrons. The second kappa shape index (κ2) is 8.91. The molecule has 1 unspecified atom stereocenters. The molecule has 5 rings (SSSR count). The molecule has 7 heteroatoms. The van der Waals surface area contributed by atoms with Crippen LogP contribution in [-0.2, 0) is 13.0 Å². The molecule has 4 N–H and O–H groups in total. The molecule has 0 aliphatic carbocycles. The third kappa shape index (κ3) is 4.47. The molecular weight excluding hydrogens is 386 g/mol. The molecule has 3 heterocycles. The number of nitrogen functional groups attached to an aromatic ring is 1. The zero-order valence-electron chi connectivity index (χ0n) is 17.7. The van der Waals surface area contributed by atoms with Gasteiger partial charge in [-0.05, 0) is 60.7 Å². The second-order valence-electron chi connectivity index (χ2n) is 8.38. The average molecular weight is 416 g/mol. The van der Waals surface area contributed by atoms with E-state index in [0.29, 0.717) is 6.04 Å². The number of rotatable bonds is 7. The number of anilines is 1. The summed E-state index contributed by atoms with van der Waals surface area (Å²) in [7, 11) is 0. The van der Waals surface area contributed by atoms with E-state index in [-0.39, 0.29) is 0 Å². The number of nitrogens with two attached hydrogens (primary N) is 1. The summed E-state index contributed by atoms with van der Waals surface area (Å²) in [5.74, 6) is 0. The number of aromatic amines is 1. The lowest BCUT2D eigenvalue weighted by molar-refractivity contribution is 0.143. The van der Waals surface area contributed by atoms with E-state index in [1.807, 2.05) is 16.7 Å². The Hall–Kier alpha value is -3.16. The highest BCUT2D eigenvalue weighted by Crippen LogP contribution is 2.24. The Bertz CT molecular complexity index is 1110. The van der Waals surface area contributed by atoms with E-state index in [1.165, 1.54) is 28.5 Å². The largest absolute Gasteiger partial charge is 0.399 e. The molecule has 0 saturated carbocycles. The van der Waals surface area contributed by atoms with E-state index >= 15 is 0 Å². The number of benzene rings is 2. The number of H-pyrrole nitrogens is 1. The van der Waals surface area contributed by atoms with Gasteiger partial charge in [0.05, 0.1) is 0 Å². The fraction of sp³-hybridized carbons (Fsp3) is 0.333. The van der Waals surface area contributed by atoms with Gasteiger partial charge in [-0.3, -0.25) is 9.47 Å². The normalized spacial score (nSPS) is 17.4. The molecule has 0 radical (unpaired) electrons. The second-order valence-corrected chi connectivity index (χ2v) is 8.38. The van der Waals surface area contributed by atoms with E-state index in [0.717, 1.165) is 50.4 Å². The topological polar surface area (TPSA) is 87.8 Å². The Labute approximate surface area is 182 Å². The lowest BCUT2D eigenvalue weighted by Gasteiger charge is -2.36. The quantitative estimate of drug-likeness (QED) is 0.404. The summed E-state index contributed by atoms with van der Waals surface area (Å²) < 4.78 is 1.94. The molecule has 1 fully saturated rings. The van der Waals surface area contributed by atoms with Gasteiger partial charge >= 0.3 is 0 Å². The van der Waals surface area contributed by atoms with Crippen LogP contribution < -0.4 is 11.1 Å². The molecule has 1 aliphatic rings. The molecule has 1 aliphatic heterocycles. The number of fused-ring (bicyclic) bond motifs is 1. The van der Waals surface area contributed by atoms with Gasteiger partial charge in [-0.1, -0.05) is 12.1 Å². The molecule has 1 atom stereocenters. The van der Waals surface area contributed by atoms with Gasteiger partial charge in [0.2, 0.25) is 0 Å². The van der Waals surface area contributed by atoms with Crippen LogP contribution in [0.2, 0.25) is 0 Å². The van der Waals surface area contributed by atoms with Crippen LogP contribution in [0, 0.1) is 0 Å². The minimum Gasteiger partial charge on any atom is -0.399 e. The zero-order chi connectivity index (χ0) is 21.0. The van der Waals surface area contributed by atoms with Gasteiger partial charge in [0.25, 0.3) is 0 Å². The minimum atomic E-state index is 0.559. The van der Waals surface area contributed by atoms with Crippen LogP contribution in [0.5, 0.6) is 0 Å². The number of piperazine rings is 1. The fourth-order valence-corrected chi connectivity index (χ4v) is 4.55. The molecule has 4 aromatic rings. The van der Waals surface area contributed by atoms with Crippen LogP contribution in [0.3, 0.4) is 0 Å². The van der Waals surface area contributed by atoms with Crippen molar-refractivity contribution in [2.45, 2.75) is 31.8 Å². The van der Waals surface area contributed by atoms with Crippen LogP contribution in [0.1, 0.15) is 24.0 Å². The summed E-state index contributed by atoms with van der Waals surface area (Å²) in [6, 6.07) is 15.3. The van der Waals surface area contributed by atoms with Crippen molar-refractivity contribution in [1.29, 1.82) is 0 Å². The van der Waals surface area contributed by atoms with Gasteiger partial charge < -0.3 is 16.0 Å². The number of aromatic nitrogens is 4. The fourth-order valence-electron chi connectivity index (χ4n) is 4.55. The third-order valence-electron chi connectivity index (χ3n) is 6.29. The van der Waals surface area contributed by atoms with E-state index < -0.39 is 0 Å². The number of hydrogen-bond acceptors (Lipinski definition) is 5. The van der Waals surface area contributed by atoms with Gasteiger partial charge in [0.1, 0.15) is 12.7 Å². The Morgan fingerprint density at radius 3 is 2.74 bits per heavy atom. The summed E-state index contributed by atoms with van der Waals surface area (Å²) >= 11 is 0. The zero-order valence-corrected chi connectivity index (χ0v) is 17.7. The van der Waals surface area contributed by atoms with Crippen LogP contribution in [-0.4, -0.2) is 50.3 Å². The van der Waals surface area contributed by atoms with Crippen LogP contribution >= 0.6 is 0 Å². The highest BCUT2D eigenvalue weighted by atomic mass is 15.2. The highest BCUT2D eigenvalue weighted by molar-refractivity contribution is 5.85. The van der Waals surface area contributed by atoms with Gasteiger partial charge in [-0.15, -0.1) is 10.2 Å². The summed E-state index contributed by atoms with van der Waals surface area (Å²) in [6.07, 6.45) is 9.04. The number of hydrogen-bond donors (Lipinski definition) is 3. The predicted molar refractivity (Wildman–Crippen MR) is 124 cm³/mol. The molecular formula is C24H29N7. The van der Waals surface area contributed by atoms with Crippen LogP contribution in [0.15, 0.2) is 61.3 Å². The van der Waals surface area contributed by atoms with Crippen molar-refractivity contribution in [3.8, 4) is 5.69 Å². The minimum absolute atomic E-state index is 0.559. The Morgan fingerprint density at radius 1 is 1.06 bits per heavy atom. The van der Waals surface area contributed by atoms with Crippen molar-refractivity contribution >= 4 is 16.6 Å². The van der Waals surface area contributed by atoms with Crippen molar-refractivity contribution in [3.05, 3.63) is 72.4 Å². The summed E-state index contributed by atoms with van der Waals surface area (Å²) in [6.45, 7) is 4.19. The summed E-state index contributed by atoms with van der Waals surface area (Å²) in [4.78, 5) is 6.03. The van der Waals surface area contributed by atoms with Crippen molar-refractivity contribution < 1.29 is 0 Å². The van der Waals surface area contributed by atoms with E-state index in [2.05, 4.69) is 61.9 Å².